The van der Waals surface area contributed by atoms with Crippen LogP contribution >= 0.6 is 0 Å². The summed E-state index contributed by atoms with van der Waals surface area (Å²) in [7, 11) is 0. The molecule has 2 aromatic carbocycles. The molecule has 4 rings (SSSR count). The van der Waals surface area contributed by atoms with Gasteiger partial charge in [-0.15, -0.1) is 0 Å². The number of rotatable bonds is 7. The third kappa shape index (κ3) is 4.65. The number of nitrogens with one attached hydrogen (secondary N) is 1. The first kappa shape index (κ1) is 20.8. The number of hydrogen-bond donors (Lipinski definition) is 2. The van der Waals surface area contributed by atoms with Crippen molar-refractivity contribution in [2.24, 2.45) is 5.10 Å². The van der Waals surface area contributed by atoms with Gasteiger partial charge in [-0.25, -0.2) is 10.2 Å². The van der Waals surface area contributed by atoms with E-state index in [2.05, 4.69) is 15.5 Å². The Balaban J connectivity index is 1.35. The average Bonchev–Trinajstić information content (AvgIpc) is 3.26. The normalized spacial score (nSPS) is 11.0. The molecule has 8 nitrogen and oxygen atoms in total. The number of carbonyl (C=O) groups excluding carboxylic acids is 1. The molecule has 8 heteroatoms. The Labute approximate surface area is 183 Å². The highest BCUT2D eigenvalue weighted by Gasteiger charge is 2.10. The van der Waals surface area contributed by atoms with Crippen LogP contribution in [0.15, 0.2) is 76.4 Å². The zero-order valence-corrected chi connectivity index (χ0v) is 17.1. The van der Waals surface area contributed by atoms with Crippen molar-refractivity contribution in [2.45, 2.75) is 6.92 Å². The minimum atomic E-state index is -0.983. The van der Waals surface area contributed by atoms with Crippen molar-refractivity contribution in [1.29, 1.82) is 0 Å². The molecule has 1 amide bonds. The average molecular weight is 429 g/mol. The lowest BCUT2D eigenvalue weighted by Crippen LogP contribution is -2.24. The Bertz CT molecular complexity index is 1320. The number of aromatic carboxylic acids is 1. The van der Waals surface area contributed by atoms with Crippen LogP contribution in [0, 0.1) is 6.92 Å². The second kappa shape index (κ2) is 9.13. The minimum absolute atomic E-state index is 0.212. The number of hydrazone groups is 1. The molecule has 0 aliphatic heterocycles. The molecular weight excluding hydrogens is 410 g/mol. The summed E-state index contributed by atoms with van der Waals surface area (Å²) in [5.41, 5.74) is 4.83. The van der Waals surface area contributed by atoms with Crippen LogP contribution in [-0.4, -0.2) is 34.8 Å². The summed E-state index contributed by atoms with van der Waals surface area (Å²) in [5.74, 6) is 0.104. The maximum absolute atomic E-state index is 12.1. The molecule has 0 atom stereocenters. The lowest BCUT2D eigenvalue weighted by molar-refractivity contribution is -0.123. The van der Waals surface area contributed by atoms with Crippen molar-refractivity contribution in [3.8, 4) is 17.1 Å². The van der Waals surface area contributed by atoms with E-state index >= 15 is 0 Å². The highest BCUT2D eigenvalue weighted by atomic mass is 16.5. The number of hydrogen-bond acceptors (Lipinski definition) is 6. The Hall–Kier alpha value is -4.46. The molecule has 0 saturated carbocycles. The largest absolute Gasteiger partial charge is 0.481 e. The van der Waals surface area contributed by atoms with Crippen LogP contribution in [0.2, 0.25) is 0 Å². The van der Waals surface area contributed by atoms with Crippen LogP contribution in [0.3, 0.4) is 0 Å². The monoisotopic (exact) mass is 429 g/mol. The summed E-state index contributed by atoms with van der Waals surface area (Å²) in [6.45, 7) is 1.59. The minimum Gasteiger partial charge on any atom is -0.481 e. The molecule has 0 radical (unpaired) electrons. The summed E-state index contributed by atoms with van der Waals surface area (Å²) in [4.78, 5) is 27.4. The first-order valence-electron chi connectivity index (χ1n) is 9.74. The molecule has 2 heterocycles. The maximum atomic E-state index is 12.1. The number of para-hydroxylation sites is 1. The number of benzene rings is 2. The molecule has 0 saturated heterocycles. The molecule has 0 aliphatic rings. The summed E-state index contributed by atoms with van der Waals surface area (Å²) in [6.07, 6.45) is 3.04. The van der Waals surface area contributed by atoms with Gasteiger partial charge in [-0.3, -0.25) is 9.78 Å². The van der Waals surface area contributed by atoms with Crippen LogP contribution in [0.4, 0.5) is 0 Å². The van der Waals surface area contributed by atoms with E-state index in [9.17, 15) is 9.59 Å². The van der Waals surface area contributed by atoms with Gasteiger partial charge in [0.15, 0.2) is 6.61 Å². The molecule has 0 spiro atoms. The van der Waals surface area contributed by atoms with E-state index in [0.29, 0.717) is 22.8 Å². The van der Waals surface area contributed by atoms with Crippen molar-refractivity contribution >= 4 is 29.0 Å². The lowest BCUT2D eigenvalue weighted by atomic mass is 10.0. The fourth-order valence-corrected chi connectivity index (χ4v) is 3.18. The van der Waals surface area contributed by atoms with Gasteiger partial charge in [-0.2, -0.15) is 5.10 Å². The number of carboxylic acids is 1. The summed E-state index contributed by atoms with van der Waals surface area (Å²) < 4.78 is 11.3. The molecule has 2 N–H and O–H groups in total. The van der Waals surface area contributed by atoms with Crippen LogP contribution in [0.1, 0.15) is 21.7 Å². The predicted octanol–water partition coefficient (Wildman–Crippen LogP) is 4.03. The van der Waals surface area contributed by atoms with Gasteiger partial charge < -0.3 is 14.3 Å². The SMILES string of the molecule is Cc1cc(C(=O)O)ccc1-c1ccc(/C=N\NC(=O)COc2cccc3cccnc23)o1. The molecule has 32 heavy (non-hydrogen) atoms. The predicted molar refractivity (Wildman–Crippen MR) is 119 cm³/mol. The van der Waals surface area contributed by atoms with E-state index < -0.39 is 11.9 Å². The summed E-state index contributed by atoms with van der Waals surface area (Å²) in [5, 5.41) is 13.9. The van der Waals surface area contributed by atoms with Crippen LogP contribution < -0.4 is 10.2 Å². The van der Waals surface area contributed by atoms with Crippen molar-refractivity contribution in [2.75, 3.05) is 6.61 Å². The number of aryl methyl sites for hydroxylation is 1. The third-order valence-corrected chi connectivity index (χ3v) is 4.70. The Morgan fingerprint density at radius 3 is 2.81 bits per heavy atom. The fourth-order valence-electron chi connectivity index (χ4n) is 3.18. The Morgan fingerprint density at radius 1 is 1.16 bits per heavy atom. The van der Waals surface area contributed by atoms with Crippen molar-refractivity contribution in [3.05, 3.63) is 83.7 Å². The second-order valence-corrected chi connectivity index (χ2v) is 6.95. The van der Waals surface area contributed by atoms with E-state index in [1.54, 1.807) is 36.5 Å². The summed E-state index contributed by atoms with van der Waals surface area (Å²) in [6, 6.07) is 17.5. The van der Waals surface area contributed by atoms with Gasteiger partial charge in [0.2, 0.25) is 0 Å². The van der Waals surface area contributed by atoms with Gasteiger partial charge in [-0.05, 0) is 48.9 Å². The molecule has 0 fully saturated rings. The van der Waals surface area contributed by atoms with Gasteiger partial charge in [0.25, 0.3) is 5.91 Å². The maximum Gasteiger partial charge on any atom is 0.335 e. The lowest BCUT2D eigenvalue weighted by Gasteiger charge is -2.07. The molecule has 0 aliphatic carbocycles. The smallest absolute Gasteiger partial charge is 0.335 e. The molecular formula is C24H19N3O5. The molecule has 0 bridgehead atoms. The number of nitrogens with zero attached hydrogens (tertiary/aromatic N) is 2. The highest BCUT2D eigenvalue weighted by Crippen LogP contribution is 2.26. The summed E-state index contributed by atoms with van der Waals surface area (Å²) >= 11 is 0. The number of amides is 1. The van der Waals surface area contributed by atoms with Gasteiger partial charge in [0.05, 0.1) is 11.8 Å². The number of furan rings is 1. The van der Waals surface area contributed by atoms with Crippen molar-refractivity contribution in [3.63, 3.8) is 0 Å². The van der Waals surface area contributed by atoms with E-state index in [1.165, 1.54) is 12.3 Å². The van der Waals surface area contributed by atoms with E-state index in [1.807, 2.05) is 31.2 Å². The number of carbonyl (C=O) groups is 2. The number of pyridine rings is 1. The Kier molecular flexibility index (Phi) is 5.94. The molecule has 4 aromatic rings. The standard InChI is InChI=1S/C24H19N3O5/c1-15-12-17(24(29)30)7-9-19(15)20-10-8-18(32-20)13-26-27-22(28)14-31-21-6-2-4-16-5-3-11-25-23(16)21/h2-13H,14H2,1H3,(H,27,28)(H,29,30)/b26-13-. The quantitative estimate of drug-likeness (QED) is 0.339. The first-order chi connectivity index (χ1) is 15.5. The van der Waals surface area contributed by atoms with Crippen LogP contribution in [-0.2, 0) is 4.79 Å². The van der Waals surface area contributed by atoms with Crippen LogP contribution in [0.5, 0.6) is 5.75 Å². The molecule has 0 unspecified atom stereocenters. The van der Waals surface area contributed by atoms with Gasteiger partial charge in [-0.1, -0.05) is 24.3 Å². The zero-order chi connectivity index (χ0) is 22.5. The van der Waals surface area contributed by atoms with Crippen molar-refractivity contribution < 1.29 is 23.8 Å². The fraction of sp³-hybridized carbons (Fsp3) is 0.0833. The third-order valence-electron chi connectivity index (χ3n) is 4.70. The van der Waals surface area contributed by atoms with Gasteiger partial charge >= 0.3 is 5.97 Å². The Morgan fingerprint density at radius 2 is 2.00 bits per heavy atom. The number of carboxylic acid groups (broad SMARTS) is 1. The van der Waals surface area contributed by atoms with Gasteiger partial charge in [0, 0.05) is 17.1 Å². The van der Waals surface area contributed by atoms with E-state index in [0.717, 1.165) is 16.5 Å². The molecule has 2 aromatic heterocycles. The number of aromatic nitrogens is 1. The number of fused-ring (bicyclic) bond motifs is 1. The molecule has 160 valence electrons. The number of ether oxygens (including phenoxy) is 1. The highest BCUT2D eigenvalue weighted by molar-refractivity contribution is 5.89. The van der Waals surface area contributed by atoms with Gasteiger partial charge in [0.1, 0.15) is 22.8 Å². The second-order valence-electron chi connectivity index (χ2n) is 6.95. The van der Waals surface area contributed by atoms with E-state index in [-0.39, 0.29) is 12.2 Å². The first-order valence-corrected chi connectivity index (χ1v) is 9.74. The topological polar surface area (TPSA) is 114 Å². The van der Waals surface area contributed by atoms with E-state index in [4.69, 9.17) is 14.3 Å². The van der Waals surface area contributed by atoms with Crippen LogP contribution in [0.25, 0.3) is 22.2 Å². The van der Waals surface area contributed by atoms with Crippen molar-refractivity contribution in [1.82, 2.24) is 10.4 Å². The zero-order valence-electron chi connectivity index (χ0n) is 17.1.